The maximum Gasteiger partial charge on any atom is 0.238 e. The standard InChI is InChI=1S/C17H24N2O2/c1-13(2)15-4-3-5-16(10-15)18-17(21)11-19-8-6-14(12-20)7-9-19/h3-5,10,12-14H,6-9,11H2,1-2H3,(H,18,21). The molecule has 0 bridgehead atoms. The van der Waals surface area contributed by atoms with Crippen LogP contribution in [-0.4, -0.2) is 36.7 Å². The first kappa shape index (κ1) is 15.7. The quantitative estimate of drug-likeness (QED) is 0.847. The second kappa shape index (κ2) is 7.36. The summed E-state index contributed by atoms with van der Waals surface area (Å²) in [5, 5.41) is 2.96. The molecule has 1 amide bonds. The Bertz CT molecular complexity index is 491. The Hall–Kier alpha value is -1.68. The van der Waals surface area contributed by atoms with Crippen LogP contribution in [0.25, 0.3) is 0 Å². The molecule has 0 aliphatic carbocycles. The van der Waals surface area contributed by atoms with Crippen molar-refractivity contribution in [1.82, 2.24) is 4.90 Å². The molecule has 1 aliphatic heterocycles. The first-order valence-electron chi connectivity index (χ1n) is 7.66. The van der Waals surface area contributed by atoms with E-state index in [1.165, 1.54) is 5.56 Å². The Kier molecular flexibility index (Phi) is 5.51. The summed E-state index contributed by atoms with van der Waals surface area (Å²) >= 11 is 0. The molecule has 114 valence electrons. The fraction of sp³-hybridized carbons (Fsp3) is 0.529. The van der Waals surface area contributed by atoms with Crippen LogP contribution in [-0.2, 0) is 9.59 Å². The molecule has 1 aromatic rings. The summed E-state index contributed by atoms with van der Waals surface area (Å²) in [5.41, 5.74) is 2.08. The Balaban J connectivity index is 1.84. The summed E-state index contributed by atoms with van der Waals surface area (Å²) in [5.74, 6) is 0.636. The largest absolute Gasteiger partial charge is 0.325 e. The van der Waals surface area contributed by atoms with Crippen molar-refractivity contribution in [2.75, 3.05) is 25.0 Å². The number of rotatable bonds is 5. The third-order valence-electron chi connectivity index (χ3n) is 4.03. The zero-order valence-electron chi connectivity index (χ0n) is 12.8. The zero-order chi connectivity index (χ0) is 15.2. The topological polar surface area (TPSA) is 49.4 Å². The molecule has 0 spiro atoms. The van der Waals surface area contributed by atoms with Gasteiger partial charge in [-0.15, -0.1) is 0 Å². The lowest BCUT2D eigenvalue weighted by atomic mass is 9.99. The smallest absolute Gasteiger partial charge is 0.238 e. The van der Waals surface area contributed by atoms with Gasteiger partial charge in [0.1, 0.15) is 6.29 Å². The van der Waals surface area contributed by atoms with E-state index in [0.29, 0.717) is 12.5 Å². The number of nitrogens with zero attached hydrogens (tertiary/aromatic N) is 1. The molecule has 2 rings (SSSR count). The van der Waals surface area contributed by atoms with Crippen LogP contribution in [0.4, 0.5) is 5.69 Å². The monoisotopic (exact) mass is 288 g/mol. The molecule has 0 radical (unpaired) electrons. The van der Waals surface area contributed by atoms with Crippen LogP contribution >= 0.6 is 0 Å². The molecule has 0 atom stereocenters. The number of hydrogen-bond acceptors (Lipinski definition) is 3. The number of piperidine rings is 1. The number of carbonyl (C=O) groups is 2. The second-order valence-electron chi connectivity index (χ2n) is 6.08. The van der Waals surface area contributed by atoms with E-state index in [0.717, 1.165) is 37.9 Å². The summed E-state index contributed by atoms with van der Waals surface area (Å²) < 4.78 is 0. The van der Waals surface area contributed by atoms with Gasteiger partial charge in [0.25, 0.3) is 0 Å². The Labute approximate surface area is 126 Å². The Morgan fingerprint density at radius 1 is 1.38 bits per heavy atom. The van der Waals surface area contributed by atoms with Gasteiger partial charge in [-0.05, 0) is 49.5 Å². The van der Waals surface area contributed by atoms with Gasteiger partial charge in [0.2, 0.25) is 5.91 Å². The molecule has 1 saturated heterocycles. The minimum absolute atomic E-state index is 0.0143. The predicted octanol–water partition coefficient (Wildman–Crippen LogP) is 2.66. The van der Waals surface area contributed by atoms with Crippen molar-refractivity contribution >= 4 is 17.9 Å². The van der Waals surface area contributed by atoms with Gasteiger partial charge in [-0.1, -0.05) is 26.0 Å². The maximum atomic E-state index is 12.1. The molecule has 1 N–H and O–H groups in total. The van der Waals surface area contributed by atoms with Crippen LogP contribution in [0.2, 0.25) is 0 Å². The number of likely N-dealkylation sites (tertiary alicyclic amines) is 1. The van der Waals surface area contributed by atoms with Gasteiger partial charge in [-0.2, -0.15) is 0 Å². The van der Waals surface area contributed by atoms with Gasteiger partial charge in [0.05, 0.1) is 6.54 Å². The predicted molar refractivity (Wildman–Crippen MR) is 84.4 cm³/mol. The first-order valence-corrected chi connectivity index (χ1v) is 7.66. The van der Waals surface area contributed by atoms with E-state index in [-0.39, 0.29) is 11.8 Å². The van der Waals surface area contributed by atoms with Crippen LogP contribution in [0, 0.1) is 5.92 Å². The highest BCUT2D eigenvalue weighted by Gasteiger charge is 2.20. The molecular weight excluding hydrogens is 264 g/mol. The van der Waals surface area contributed by atoms with Crippen molar-refractivity contribution in [2.24, 2.45) is 5.92 Å². The third kappa shape index (κ3) is 4.67. The lowest BCUT2D eigenvalue weighted by Gasteiger charge is -2.28. The number of aldehydes is 1. The highest BCUT2D eigenvalue weighted by molar-refractivity contribution is 5.92. The molecule has 4 nitrogen and oxygen atoms in total. The van der Waals surface area contributed by atoms with Crippen molar-refractivity contribution in [2.45, 2.75) is 32.6 Å². The molecule has 1 aliphatic rings. The number of benzene rings is 1. The van der Waals surface area contributed by atoms with Crippen molar-refractivity contribution in [3.8, 4) is 0 Å². The summed E-state index contributed by atoms with van der Waals surface area (Å²) in [6.45, 7) is 6.32. The minimum Gasteiger partial charge on any atom is -0.325 e. The second-order valence-corrected chi connectivity index (χ2v) is 6.08. The number of carbonyl (C=O) groups excluding carboxylic acids is 2. The lowest BCUT2D eigenvalue weighted by Crippen LogP contribution is -2.39. The normalized spacial score (nSPS) is 16.9. The number of anilines is 1. The fourth-order valence-corrected chi connectivity index (χ4v) is 2.63. The van der Waals surface area contributed by atoms with Gasteiger partial charge in [0, 0.05) is 11.6 Å². The van der Waals surface area contributed by atoms with Crippen LogP contribution in [0.15, 0.2) is 24.3 Å². The average Bonchev–Trinajstić information content (AvgIpc) is 2.48. The van der Waals surface area contributed by atoms with E-state index < -0.39 is 0 Å². The van der Waals surface area contributed by atoms with Crippen LogP contribution in [0.5, 0.6) is 0 Å². The molecule has 1 fully saturated rings. The van der Waals surface area contributed by atoms with Crippen molar-refractivity contribution in [3.05, 3.63) is 29.8 Å². The summed E-state index contributed by atoms with van der Waals surface area (Å²) in [4.78, 5) is 24.9. The van der Waals surface area contributed by atoms with Crippen molar-refractivity contribution in [3.63, 3.8) is 0 Å². The van der Waals surface area contributed by atoms with Gasteiger partial charge in [-0.25, -0.2) is 0 Å². The highest BCUT2D eigenvalue weighted by atomic mass is 16.2. The lowest BCUT2D eigenvalue weighted by molar-refractivity contribution is -0.117. The molecule has 1 heterocycles. The highest BCUT2D eigenvalue weighted by Crippen LogP contribution is 2.19. The van der Waals surface area contributed by atoms with E-state index in [4.69, 9.17) is 0 Å². The summed E-state index contributed by atoms with van der Waals surface area (Å²) in [6, 6.07) is 7.99. The van der Waals surface area contributed by atoms with E-state index in [1.807, 2.05) is 18.2 Å². The minimum atomic E-state index is 0.0143. The van der Waals surface area contributed by atoms with Gasteiger partial charge in [-0.3, -0.25) is 9.69 Å². The molecule has 0 unspecified atom stereocenters. The van der Waals surface area contributed by atoms with E-state index in [1.54, 1.807) is 0 Å². The summed E-state index contributed by atoms with van der Waals surface area (Å²) in [6.07, 6.45) is 2.76. The van der Waals surface area contributed by atoms with Gasteiger partial charge >= 0.3 is 0 Å². The average molecular weight is 288 g/mol. The van der Waals surface area contributed by atoms with Gasteiger partial charge in [0.15, 0.2) is 0 Å². The fourth-order valence-electron chi connectivity index (χ4n) is 2.63. The molecular formula is C17H24N2O2. The number of amides is 1. The van der Waals surface area contributed by atoms with Gasteiger partial charge < -0.3 is 10.1 Å². The third-order valence-corrected chi connectivity index (χ3v) is 4.03. The molecule has 0 saturated carbocycles. The maximum absolute atomic E-state index is 12.1. The molecule has 4 heteroatoms. The van der Waals surface area contributed by atoms with Crippen LogP contribution in [0.1, 0.15) is 38.2 Å². The van der Waals surface area contributed by atoms with Crippen LogP contribution in [0.3, 0.4) is 0 Å². The van der Waals surface area contributed by atoms with Crippen LogP contribution < -0.4 is 5.32 Å². The van der Waals surface area contributed by atoms with E-state index in [2.05, 4.69) is 30.1 Å². The van der Waals surface area contributed by atoms with Crippen molar-refractivity contribution < 1.29 is 9.59 Å². The summed E-state index contributed by atoms with van der Waals surface area (Å²) in [7, 11) is 0. The molecule has 0 aromatic heterocycles. The molecule has 21 heavy (non-hydrogen) atoms. The van der Waals surface area contributed by atoms with E-state index >= 15 is 0 Å². The van der Waals surface area contributed by atoms with E-state index in [9.17, 15) is 9.59 Å². The van der Waals surface area contributed by atoms with Crippen molar-refractivity contribution in [1.29, 1.82) is 0 Å². The molecule has 1 aromatic carbocycles. The SMILES string of the molecule is CC(C)c1cccc(NC(=O)CN2CCC(C=O)CC2)c1. The Morgan fingerprint density at radius 3 is 2.71 bits per heavy atom. The number of nitrogens with one attached hydrogen (secondary N) is 1. The Morgan fingerprint density at radius 2 is 2.10 bits per heavy atom. The first-order chi connectivity index (χ1) is 10.1. The zero-order valence-corrected chi connectivity index (χ0v) is 12.8. The number of hydrogen-bond donors (Lipinski definition) is 1.